The predicted molar refractivity (Wildman–Crippen MR) is 117 cm³/mol. The van der Waals surface area contributed by atoms with Gasteiger partial charge in [0, 0.05) is 22.4 Å². The highest BCUT2D eigenvalue weighted by Crippen LogP contribution is 2.42. The molecule has 0 bridgehead atoms. The highest BCUT2D eigenvalue weighted by molar-refractivity contribution is 6.37. The fourth-order valence-electron chi connectivity index (χ4n) is 4.38. The first-order chi connectivity index (χ1) is 14.8. The van der Waals surface area contributed by atoms with Gasteiger partial charge in [0.25, 0.3) is 0 Å². The van der Waals surface area contributed by atoms with Gasteiger partial charge in [-0.1, -0.05) is 48.5 Å². The standard InChI is InChI=1S/C25H11N5/c26-12-19-20(13-27)30-25-22-17-9-4-2-7-15(17)14-6-1-3-8-16(14)21(22)23-18(24(25)29-19)10-5-11-28-23/h1-11H. The van der Waals surface area contributed by atoms with Crippen molar-refractivity contribution in [2.45, 2.75) is 0 Å². The zero-order valence-electron chi connectivity index (χ0n) is 15.6. The average Bonchev–Trinajstić information content (AvgIpc) is 2.82. The third-order valence-corrected chi connectivity index (χ3v) is 5.58. The number of fused-ring (bicyclic) bond motifs is 11. The van der Waals surface area contributed by atoms with Crippen molar-refractivity contribution in [3.8, 4) is 12.1 Å². The number of rotatable bonds is 0. The first kappa shape index (κ1) is 16.4. The fraction of sp³-hybridized carbons (Fsp3) is 0. The molecule has 0 radical (unpaired) electrons. The molecule has 6 rings (SSSR count). The lowest BCUT2D eigenvalue weighted by atomic mass is 9.91. The van der Waals surface area contributed by atoms with Crippen LogP contribution in [0.4, 0.5) is 0 Å². The molecule has 0 aliphatic heterocycles. The summed E-state index contributed by atoms with van der Waals surface area (Å²) in [7, 11) is 0. The second kappa shape index (κ2) is 5.94. The van der Waals surface area contributed by atoms with E-state index in [2.05, 4.69) is 34.2 Å². The van der Waals surface area contributed by atoms with Gasteiger partial charge >= 0.3 is 0 Å². The Morgan fingerprint density at radius 3 is 1.63 bits per heavy atom. The molecule has 0 fully saturated rings. The van der Waals surface area contributed by atoms with E-state index in [4.69, 9.17) is 4.98 Å². The molecule has 136 valence electrons. The topological polar surface area (TPSA) is 86.2 Å². The van der Waals surface area contributed by atoms with Gasteiger partial charge in [0.15, 0.2) is 11.4 Å². The molecule has 2 aromatic heterocycles. The number of benzene rings is 4. The molecule has 0 saturated heterocycles. The Balaban J connectivity index is 2.09. The van der Waals surface area contributed by atoms with Crippen LogP contribution in [0.1, 0.15) is 11.4 Å². The number of nitriles is 2. The quantitative estimate of drug-likeness (QED) is 0.330. The summed E-state index contributed by atoms with van der Waals surface area (Å²) in [6, 6.07) is 24.2. The summed E-state index contributed by atoms with van der Waals surface area (Å²) in [5, 5.41) is 26.1. The van der Waals surface area contributed by atoms with Gasteiger partial charge in [0.1, 0.15) is 17.7 Å². The van der Waals surface area contributed by atoms with Crippen LogP contribution in [-0.4, -0.2) is 15.0 Å². The molecule has 5 heteroatoms. The Morgan fingerprint density at radius 2 is 1.03 bits per heavy atom. The van der Waals surface area contributed by atoms with E-state index in [1.54, 1.807) is 6.20 Å². The van der Waals surface area contributed by atoms with E-state index in [-0.39, 0.29) is 11.4 Å². The van der Waals surface area contributed by atoms with E-state index in [0.717, 1.165) is 43.2 Å². The van der Waals surface area contributed by atoms with Gasteiger partial charge in [0.2, 0.25) is 0 Å². The van der Waals surface area contributed by atoms with Crippen LogP contribution in [-0.2, 0) is 0 Å². The third kappa shape index (κ3) is 2.01. The number of pyridine rings is 1. The van der Waals surface area contributed by atoms with Gasteiger partial charge < -0.3 is 0 Å². The van der Waals surface area contributed by atoms with E-state index in [0.29, 0.717) is 11.0 Å². The maximum atomic E-state index is 9.56. The van der Waals surface area contributed by atoms with E-state index >= 15 is 0 Å². The molecular weight excluding hydrogens is 370 g/mol. The minimum Gasteiger partial charge on any atom is -0.256 e. The second-order valence-electron chi connectivity index (χ2n) is 7.08. The molecule has 30 heavy (non-hydrogen) atoms. The molecule has 0 saturated carbocycles. The second-order valence-corrected chi connectivity index (χ2v) is 7.08. The van der Waals surface area contributed by atoms with Gasteiger partial charge in [-0.05, 0) is 33.7 Å². The smallest absolute Gasteiger partial charge is 0.177 e. The van der Waals surface area contributed by atoms with E-state index < -0.39 is 0 Å². The van der Waals surface area contributed by atoms with Crippen molar-refractivity contribution >= 4 is 54.3 Å². The molecule has 6 aromatic rings. The zero-order valence-corrected chi connectivity index (χ0v) is 15.6. The van der Waals surface area contributed by atoms with E-state index in [9.17, 15) is 10.5 Å². The number of aromatic nitrogens is 3. The average molecular weight is 381 g/mol. The summed E-state index contributed by atoms with van der Waals surface area (Å²) in [6.07, 6.45) is 1.76. The van der Waals surface area contributed by atoms with Crippen molar-refractivity contribution in [3.63, 3.8) is 0 Å². The summed E-state index contributed by atoms with van der Waals surface area (Å²) in [4.78, 5) is 13.9. The molecule has 0 amide bonds. The summed E-state index contributed by atoms with van der Waals surface area (Å²) in [5.41, 5.74) is 2.07. The van der Waals surface area contributed by atoms with E-state index in [1.807, 2.05) is 48.5 Å². The molecule has 2 heterocycles. The van der Waals surface area contributed by atoms with Crippen molar-refractivity contribution in [3.05, 3.63) is 78.2 Å². The largest absolute Gasteiger partial charge is 0.256 e. The highest BCUT2D eigenvalue weighted by atomic mass is 14.8. The van der Waals surface area contributed by atoms with Gasteiger partial charge in [-0.3, -0.25) is 4.98 Å². The van der Waals surface area contributed by atoms with Crippen LogP contribution < -0.4 is 0 Å². The monoisotopic (exact) mass is 381 g/mol. The van der Waals surface area contributed by atoms with Crippen LogP contribution in [0.25, 0.3) is 54.3 Å². The fourth-order valence-corrected chi connectivity index (χ4v) is 4.38. The lowest BCUT2D eigenvalue weighted by Crippen LogP contribution is -1.99. The minimum absolute atomic E-state index is 0.0274. The SMILES string of the molecule is N#Cc1nc2c3cccnc3c3c4ccccc4c4ccccc4c3c2nc1C#N. The van der Waals surface area contributed by atoms with Crippen LogP contribution in [0.5, 0.6) is 0 Å². The van der Waals surface area contributed by atoms with Crippen LogP contribution >= 0.6 is 0 Å². The first-order valence-corrected chi connectivity index (χ1v) is 9.43. The number of nitrogens with zero attached hydrogens (tertiary/aromatic N) is 5. The Bertz CT molecular complexity index is 1770. The summed E-state index contributed by atoms with van der Waals surface area (Å²) >= 11 is 0. The zero-order chi connectivity index (χ0) is 20.2. The lowest BCUT2D eigenvalue weighted by molar-refractivity contribution is 1.21. The maximum Gasteiger partial charge on any atom is 0.177 e. The van der Waals surface area contributed by atoms with Crippen molar-refractivity contribution < 1.29 is 0 Å². The molecule has 5 nitrogen and oxygen atoms in total. The molecule has 0 atom stereocenters. The van der Waals surface area contributed by atoms with Crippen LogP contribution in [0.15, 0.2) is 66.9 Å². The summed E-state index contributed by atoms with van der Waals surface area (Å²) in [5.74, 6) is 0. The summed E-state index contributed by atoms with van der Waals surface area (Å²) in [6.45, 7) is 0. The van der Waals surface area contributed by atoms with Crippen molar-refractivity contribution in [1.29, 1.82) is 10.5 Å². The molecule has 4 aromatic carbocycles. The van der Waals surface area contributed by atoms with Gasteiger partial charge in [0.05, 0.1) is 11.0 Å². The molecule has 0 aliphatic carbocycles. The van der Waals surface area contributed by atoms with Crippen LogP contribution in [0.3, 0.4) is 0 Å². The Labute approximate surface area is 170 Å². The minimum atomic E-state index is 0.0274. The normalized spacial score (nSPS) is 11.3. The Kier molecular flexibility index (Phi) is 3.24. The summed E-state index contributed by atoms with van der Waals surface area (Å²) < 4.78 is 0. The maximum absolute atomic E-state index is 9.56. The van der Waals surface area contributed by atoms with Crippen molar-refractivity contribution in [2.24, 2.45) is 0 Å². The van der Waals surface area contributed by atoms with Gasteiger partial charge in [-0.2, -0.15) is 10.5 Å². The predicted octanol–water partition coefficient (Wildman–Crippen LogP) is 5.38. The lowest BCUT2D eigenvalue weighted by Gasteiger charge is -2.14. The molecule has 0 spiro atoms. The van der Waals surface area contributed by atoms with Gasteiger partial charge in [-0.25, -0.2) is 9.97 Å². The van der Waals surface area contributed by atoms with Crippen LogP contribution in [0.2, 0.25) is 0 Å². The molecule has 0 unspecified atom stereocenters. The molecule has 0 aliphatic rings. The third-order valence-electron chi connectivity index (χ3n) is 5.58. The van der Waals surface area contributed by atoms with Crippen molar-refractivity contribution in [2.75, 3.05) is 0 Å². The Hall–Kier alpha value is -4.61. The molecular formula is C25H11N5. The highest BCUT2D eigenvalue weighted by Gasteiger charge is 2.19. The van der Waals surface area contributed by atoms with E-state index in [1.165, 1.54) is 0 Å². The molecule has 0 N–H and O–H groups in total. The number of hydrogen-bond acceptors (Lipinski definition) is 5. The van der Waals surface area contributed by atoms with Gasteiger partial charge in [-0.15, -0.1) is 0 Å². The first-order valence-electron chi connectivity index (χ1n) is 9.43. The van der Waals surface area contributed by atoms with Crippen molar-refractivity contribution in [1.82, 2.24) is 15.0 Å². The Morgan fingerprint density at radius 1 is 0.533 bits per heavy atom. The number of hydrogen-bond donors (Lipinski definition) is 0. The van der Waals surface area contributed by atoms with Crippen LogP contribution in [0, 0.1) is 22.7 Å².